The molecule has 1 heteroatoms. The molecule has 2 rings (SSSR count). The van der Waals surface area contributed by atoms with E-state index in [9.17, 15) is 0 Å². The third-order valence-electron chi connectivity index (χ3n) is 4.46. The fourth-order valence-electron chi connectivity index (χ4n) is 3.21. The van der Waals surface area contributed by atoms with Crippen molar-refractivity contribution >= 4 is 5.69 Å². The summed E-state index contributed by atoms with van der Waals surface area (Å²) in [4.78, 5) is 0. The quantitative estimate of drug-likeness (QED) is 0.386. The average Bonchev–Trinajstić information content (AvgIpc) is 2.64. The Morgan fingerprint density at radius 3 is 2.46 bits per heavy atom. The Hall–Kier alpha value is -1.76. The van der Waals surface area contributed by atoms with E-state index in [-0.39, 0.29) is 0 Å². The third-order valence-corrected chi connectivity index (χ3v) is 4.46. The summed E-state index contributed by atoms with van der Waals surface area (Å²) in [5.74, 6) is 0. The Kier molecular flexibility index (Phi) is 10.7. The molecule has 0 saturated heterocycles. The smallest absolute Gasteiger partial charge is 0.0370 e. The summed E-state index contributed by atoms with van der Waals surface area (Å²) in [5.41, 5.74) is 5.82. The fraction of sp³-hybridized carbons (Fsp3) is 0.478. The van der Waals surface area contributed by atoms with E-state index in [2.05, 4.69) is 61.8 Å². The maximum Gasteiger partial charge on any atom is 0.0370 e. The van der Waals surface area contributed by atoms with Gasteiger partial charge in [0.25, 0.3) is 0 Å². The van der Waals surface area contributed by atoms with Gasteiger partial charge in [0.15, 0.2) is 0 Å². The molecule has 132 valence electrons. The van der Waals surface area contributed by atoms with Crippen molar-refractivity contribution in [2.24, 2.45) is 0 Å². The molecule has 0 atom stereocenters. The molecule has 0 unspecified atom stereocenters. The molecule has 0 spiro atoms. The van der Waals surface area contributed by atoms with Gasteiger partial charge in [-0.05, 0) is 62.1 Å². The second-order valence-electron chi connectivity index (χ2n) is 6.31. The number of unbranched alkanes of at least 4 members (excludes halogenated alkanes) is 2. The largest absolute Gasteiger partial charge is 0.388 e. The first-order valence-corrected chi connectivity index (χ1v) is 9.48. The lowest BCUT2D eigenvalue weighted by Crippen LogP contribution is -1.97. The average molecular weight is 326 g/mol. The SMILES string of the molecule is C=C.CCCc1cc(CCCCCC2=CCCC=C2)ccc1NC. The van der Waals surface area contributed by atoms with Crippen LogP contribution in [0.15, 0.2) is 55.2 Å². The molecule has 0 aliphatic heterocycles. The zero-order chi connectivity index (χ0) is 17.6. The molecule has 1 aliphatic rings. The highest BCUT2D eigenvalue weighted by Gasteiger charge is 2.03. The van der Waals surface area contributed by atoms with Crippen LogP contribution in [0.3, 0.4) is 0 Å². The minimum absolute atomic E-state index is 1.17. The molecule has 1 N–H and O–H groups in total. The molecule has 0 aromatic heterocycles. The fourth-order valence-corrected chi connectivity index (χ4v) is 3.21. The molecule has 1 aliphatic carbocycles. The van der Waals surface area contributed by atoms with Crippen LogP contribution in [0, 0.1) is 0 Å². The zero-order valence-electron chi connectivity index (χ0n) is 15.7. The minimum atomic E-state index is 1.17. The number of allylic oxidation sites excluding steroid dienone is 4. The van der Waals surface area contributed by atoms with Gasteiger partial charge in [-0.2, -0.15) is 0 Å². The normalized spacial score (nSPS) is 13.0. The van der Waals surface area contributed by atoms with Crippen LogP contribution in [0.2, 0.25) is 0 Å². The van der Waals surface area contributed by atoms with Crippen LogP contribution in [-0.4, -0.2) is 7.05 Å². The number of benzene rings is 1. The van der Waals surface area contributed by atoms with E-state index in [1.165, 1.54) is 74.6 Å². The minimum Gasteiger partial charge on any atom is -0.388 e. The van der Waals surface area contributed by atoms with Gasteiger partial charge in [-0.15, -0.1) is 13.2 Å². The van der Waals surface area contributed by atoms with E-state index in [0.717, 1.165) is 0 Å². The van der Waals surface area contributed by atoms with E-state index < -0.39 is 0 Å². The maximum atomic E-state index is 3.31. The topological polar surface area (TPSA) is 12.0 Å². The van der Waals surface area contributed by atoms with Crippen molar-refractivity contribution in [3.05, 3.63) is 66.3 Å². The Morgan fingerprint density at radius 2 is 1.79 bits per heavy atom. The number of anilines is 1. The predicted molar refractivity (Wildman–Crippen MR) is 110 cm³/mol. The van der Waals surface area contributed by atoms with E-state index in [0.29, 0.717) is 0 Å². The molecule has 0 amide bonds. The molecule has 0 saturated carbocycles. The molecule has 0 fully saturated rings. The van der Waals surface area contributed by atoms with E-state index in [4.69, 9.17) is 0 Å². The predicted octanol–water partition coefficient (Wildman–Crippen LogP) is 6.86. The first kappa shape index (κ1) is 20.3. The number of hydrogen-bond donors (Lipinski definition) is 1. The summed E-state index contributed by atoms with van der Waals surface area (Å²) < 4.78 is 0. The molecule has 0 radical (unpaired) electrons. The lowest BCUT2D eigenvalue weighted by Gasteiger charge is -2.11. The number of rotatable bonds is 9. The molecular weight excluding hydrogens is 290 g/mol. The van der Waals surface area contributed by atoms with Crippen molar-refractivity contribution in [3.63, 3.8) is 0 Å². The summed E-state index contributed by atoms with van der Waals surface area (Å²) in [6.45, 7) is 8.25. The molecule has 1 aromatic rings. The van der Waals surface area contributed by atoms with Crippen molar-refractivity contribution in [3.8, 4) is 0 Å². The molecular formula is C23H35N. The van der Waals surface area contributed by atoms with Crippen LogP contribution in [0.4, 0.5) is 5.69 Å². The van der Waals surface area contributed by atoms with Gasteiger partial charge in [0.1, 0.15) is 0 Å². The summed E-state index contributed by atoms with van der Waals surface area (Å²) in [6, 6.07) is 6.94. The van der Waals surface area contributed by atoms with Crippen molar-refractivity contribution in [1.29, 1.82) is 0 Å². The first-order valence-electron chi connectivity index (χ1n) is 9.48. The summed E-state index contributed by atoms with van der Waals surface area (Å²) in [5, 5.41) is 3.31. The Bertz CT molecular complexity index is 525. The zero-order valence-corrected chi connectivity index (χ0v) is 15.7. The summed E-state index contributed by atoms with van der Waals surface area (Å²) in [7, 11) is 2.02. The van der Waals surface area contributed by atoms with Gasteiger partial charge in [0.2, 0.25) is 0 Å². The lowest BCUT2D eigenvalue weighted by atomic mass is 9.98. The van der Waals surface area contributed by atoms with Crippen molar-refractivity contribution < 1.29 is 0 Å². The molecule has 1 nitrogen and oxygen atoms in total. The van der Waals surface area contributed by atoms with Crippen LogP contribution in [0.25, 0.3) is 0 Å². The second-order valence-corrected chi connectivity index (χ2v) is 6.31. The molecule has 0 heterocycles. The highest BCUT2D eigenvalue weighted by atomic mass is 14.8. The van der Waals surface area contributed by atoms with Crippen molar-refractivity contribution in [1.82, 2.24) is 0 Å². The summed E-state index contributed by atoms with van der Waals surface area (Å²) in [6.07, 6.45) is 18.3. The van der Waals surface area contributed by atoms with Gasteiger partial charge in [0, 0.05) is 12.7 Å². The monoisotopic (exact) mass is 325 g/mol. The second kappa shape index (κ2) is 12.6. The van der Waals surface area contributed by atoms with E-state index in [1.54, 1.807) is 5.57 Å². The highest BCUT2D eigenvalue weighted by molar-refractivity contribution is 5.52. The molecule has 24 heavy (non-hydrogen) atoms. The standard InChI is InChI=1S/C21H31N.C2H4/c1-3-10-20-17-19(15-16-21(20)22-2)14-9-5-8-13-18-11-6-4-7-12-18;1-2/h6,11-12,15-17,22H,3-5,7-10,13-14H2,1-2H3;1-2H2. The molecule has 1 aromatic carbocycles. The number of hydrogen-bond acceptors (Lipinski definition) is 1. The van der Waals surface area contributed by atoms with Crippen LogP contribution in [-0.2, 0) is 12.8 Å². The van der Waals surface area contributed by atoms with Crippen LogP contribution >= 0.6 is 0 Å². The lowest BCUT2D eigenvalue weighted by molar-refractivity contribution is 0.677. The number of nitrogens with one attached hydrogen (secondary N) is 1. The van der Waals surface area contributed by atoms with Crippen molar-refractivity contribution in [2.75, 3.05) is 12.4 Å². The van der Waals surface area contributed by atoms with Crippen molar-refractivity contribution in [2.45, 2.75) is 64.7 Å². The van der Waals surface area contributed by atoms with Crippen LogP contribution in [0.1, 0.15) is 63.0 Å². The molecule has 0 bridgehead atoms. The van der Waals surface area contributed by atoms with Gasteiger partial charge in [0.05, 0.1) is 0 Å². The Labute approximate surface area is 149 Å². The van der Waals surface area contributed by atoms with Gasteiger partial charge in [-0.3, -0.25) is 0 Å². The van der Waals surface area contributed by atoms with E-state index >= 15 is 0 Å². The van der Waals surface area contributed by atoms with E-state index in [1.807, 2.05) is 7.05 Å². The van der Waals surface area contributed by atoms with Gasteiger partial charge < -0.3 is 5.32 Å². The third kappa shape index (κ3) is 7.21. The highest BCUT2D eigenvalue weighted by Crippen LogP contribution is 2.21. The Morgan fingerprint density at radius 1 is 1.00 bits per heavy atom. The Balaban J connectivity index is 0.00000139. The maximum absolute atomic E-state index is 3.31. The van der Waals surface area contributed by atoms with Crippen LogP contribution in [0.5, 0.6) is 0 Å². The van der Waals surface area contributed by atoms with Crippen LogP contribution < -0.4 is 5.32 Å². The van der Waals surface area contributed by atoms with Gasteiger partial charge >= 0.3 is 0 Å². The van der Waals surface area contributed by atoms with Gasteiger partial charge in [-0.25, -0.2) is 0 Å². The van der Waals surface area contributed by atoms with Gasteiger partial charge in [-0.1, -0.05) is 55.7 Å². The first-order chi connectivity index (χ1) is 11.8. The number of aryl methyl sites for hydroxylation is 2. The summed E-state index contributed by atoms with van der Waals surface area (Å²) >= 11 is 0.